The Bertz CT molecular complexity index is 1030. The lowest BCUT2D eigenvalue weighted by atomic mass is 10.1. The van der Waals surface area contributed by atoms with E-state index in [0.717, 1.165) is 0 Å². The molecule has 0 spiro atoms. The molecule has 2 heteroatoms. The third-order valence-corrected chi connectivity index (χ3v) is 13.4. The fraction of sp³-hybridized carbons (Fsp3) is 0.161. The summed E-state index contributed by atoms with van der Waals surface area (Å²) in [6.45, 7) is 0. The molecule has 0 saturated heterocycles. The van der Waals surface area contributed by atoms with Crippen molar-refractivity contribution in [3.63, 3.8) is 0 Å². The number of benzene rings is 4. The van der Waals surface area contributed by atoms with Crippen LogP contribution in [0, 0.1) is 11.8 Å². The zero-order valence-corrected chi connectivity index (χ0v) is 20.4. The van der Waals surface area contributed by atoms with E-state index in [2.05, 4.69) is 133 Å². The van der Waals surface area contributed by atoms with E-state index in [0.29, 0.717) is 23.2 Å². The maximum atomic E-state index is 2.55. The predicted octanol–water partition coefficient (Wildman–Crippen LogP) is 6.20. The minimum atomic E-state index is -0.454. The molecule has 33 heavy (non-hydrogen) atoms. The van der Waals surface area contributed by atoms with Crippen molar-refractivity contribution < 1.29 is 0 Å². The second-order valence-electron chi connectivity index (χ2n) is 9.01. The maximum absolute atomic E-state index is 2.55. The third-order valence-electron chi connectivity index (χ3n) is 7.11. The highest BCUT2D eigenvalue weighted by Crippen LogP contribution is 2.64. The Morgan fingerprint density at radius 2 is 0.667 bits per heavy atom. The van der Waals surface area contributed by atoms with Crippen molar-refractivity contribution in [3.8, 4) is 0 Å². The molecule has 2 bridgehead atoms. The largest absolute Gasteiger partial charge is 0.0844 e. The minimum Gasteiger partial charge on any atom is -0.0844 e. The molecule has 0 radical (unpaired) electrons. The van der Waals surface area contributed by atoms with Crippen LogP contribution in [0.1, 0.15) is 6.42 Å². The van der Waals surface area contributed by atoms with Gasteiger partial charge in [-0.25, -0.2) is 0 Å². The van der Waals surface area contributed by atoms with Gasteiger partial charge in [0.2, 0.25) is 0 Å². The van der Waals surface area contributed by atoms with Gasteiger partial charge in [-0.05, 0) is 55.3 Å². The highest BCUT2D eigenvalue weighted by Gasteiger charge is 2.51. The molecule has 0 aromatic heterocycles. The molecule has 0 aliphatic heterocycles. The predicted molar refractivity (Wildman–Crippen MR) is 146 cm³/mol. The number of fused-ring (bicyclic) bond motifs is 2. The average Bonchev–Trinajstić information content (AvgIpc) is 3.50. The van der Waals surface area contributed by atoms with E-state index in [1.807, 2.05) is 0 Å². The summed E-state index contributed by atoms with van der Waals surface area (Å²) in [7, 11) is -0.909. The van der Waals surface area contributed by atoms with E-state index in [9.17, 15) is 0 Å². The molecule has 1 fully saturated rings. The van der Waals surface area contributed by atoms with Crippen LogP contribution in [0.3, 0.4) is 0 Å². The van der Waals surface area contributed by atoms with Crippen LogP contribution in [0.2, 0.25) is 0 Å². The van der Waals surface area contributed by atoms with Gasteiger partial charge in [-0.15, -0.1) is 0 Å². The second kappa shape index (κ2) is 9.38. The molecule has 2 aliphatic rings. The van der Waals surface area contributed by atoms with Crippen molar-refractivity contribution >= 4 is 37.1 Å². The summed E-state index contributed by atoms with van der Waals surface area (Å²) in [6.07, 6.45) is 6.42. The summed E-state index contributed by atoms with van der Waals surface area (Å²) in [6, 6.07) is 45.4. The monoisotopic (exact) mass is 462 g/mol. The molecule has 6 rings (SSSR count). The van der Waals surface area contributed by atoms with Crippen LogP contribution in [0.5, 0.6) is 0 Å². The van der Waals surface area contributed by atoms with Gasteiger partial charge in [0, 0.05) is 11.3 Å². The number of allylic oxidation sites excluding steroid dienone is 2. The Labute approximate surface area is 199 Å². The van der Waals surface area contributed by atoms with Crippen LogP contribution in [-0.2, 0) is 0 Å². The van der Waals surface area contributed by atoms with Crippen molar-refractivity contribution in [1.29, 1.82) is 0 Å². The smallest absolute Gasteiger partial charge is 0.00137 e. The van der Waals surface area contributed by atoms with E-state index in [-0.39, 0.29) is 0 Å². The van der Waals surface area contributed by atoms with Crippen molar-refractivity contribution in [2.75, 3.05) is 0 Å². The maximum Gasteiger partial charge on any atom is 0.00137 e. The van der Waals surface area contributed by atoms with Gasteiger partial charge in [-0.2, -0.15) is 0 Å². The lowest BCUT2D eigenvalue weighted by Gasteiger charge is -2.40. The second-order valence-corrected chi connectivity index (χ2v) is 13.7. The number of hydrogen-bond donors (Lipinski definition) is 0. The van der Waals surface area contributed by atoms with Crippen LogP contribution in [0.4, 0.5) is 0 Å². The van der Waals surface area contributed by atoms with Crippen molar-refractivity contribution in [2.24, 2.45) is 11.8 Å². The molecule has 1 saturated carbocycles. The highest BCUT2D eigenvalue weighted by molar-refractivity contribution is 7.77. The average molecular weight is 463 g/mol. The quantitative estimate of drug-likeness (QED) is 0.237. The zero-order chi connectivity index (χ0) is 22.0. The van der Waals surface area contributed by atoms with Crippen molar-refractivity contribution in [2.45, 2.75) is 17.7 Å². The van der Waals surface area contributed by atoms with Crippen molar-refractivity contribution in [3.05, 3.63) is 133 Å². The van der Waals surface area contributed by atoms with Crippen LogP contribution in [0.25, 0.3) is 0 Å². The third kappa shape index (κ3) is 4.01. The normalized spacial score (nSPS) is 23.5. The first-order valence-electron chi connectivity index (χ1n) is 11.9. The molecule has 1 unspecified atom stereocenters. The first-order chi connectivity index (χ1) is 16.4. The van der Waals surface area contributed by atoms with Gasteiger partial charge in [0.15, 0.2) is 0 Å². The number of hydrogen-bond acceptors (Lipinski definition) is 0. The topological polar surface area (TPSA) is 0 Å². The standard InChI is InChI=1S/C31H28P2/c1-5-13-26(14-6-1)32(27-15-7-2-8-16-27)30-24-21-22-25(23-24)31(30)33(28-17-9-3-10-18-28)29-19-11-4-12-20-29/h1-22,24-25,30-31H,23H2/t24-,25+,30-,31?/m1/s1. The van der Waals surface area contributed by atoms with E-state index in [4.69, 9.17) is 0 Å². The SMILES string of the molecule is C1=C[C@H]2C[C@@H]1[C@@H](P(c1ccccc1)c1ccccc1)C2P(c1ccccc1)c1ccccc1. The van der Waals surface area contributed by atoms with Crippen LogP contribution < -0.4 is 21.2 Å². The van der Waals surface area contributed by atoms with Gasteiger partial charge < -0.3 is 0 Å². The lowest BCUT2D eigenvalue weighted by molar-refractivity contribution is 0.695. The summed E-state index contributed by atoms with van der Waals surface area (Å²) >= 11 is 0. The Kier molecular flexibility index (Phi) is 5.98. The van der Waals surface area contributed by atoms with E-state index in [1.54, 1.807) is 0 Å². The van der Waals surface area contributed by atoms with Gasteiger partial charge in [-0.1, -0.05) is 133 Å². The van der Waals surface area contributed by atoms with Crippen LogP contribution >= 0.6 is 15.8 Å². The summed E-state index contributed by atoms with van der Waals surface area (Å²) in [5, 5.41) is 6.08. The molecule has 4 aromatic carbocycles. The fourth-order valence-electron chi connectivity index (χ4n) is 5.80. The Balaban J connectivity index is 1.52. The van der Waals surface area contributed by atoms with Crippen molar-refractivity contribution in [1.82, 2.24) is 0 Å². The summed E-state index contributed by atoms with van der Waals surface area (Å²) < 4.78 is 0. The van der Waals surface area contributed by atoms with Gasteiger partial charge in [-0.3, -0.25) is 0 Å². The molecular formula is C31H28P2. The molecule has 0 nitrogen and oxygen atoms in total. The van der Waals surface area contributed by atoms with E-state index in [1.165, 1.54) is 27.6 Å². The van der Waals surface area contributed by atoms with Crippen LogP contribution in [-0.4, -0.2) is 11.3 Å². The first-order valence-corrected chi connectivity index (χ1v) is 14.7. The molecule has 2 aliphatic carbocycles. The summed E-state index contributed by atoms with van der Waals surface area (Å²) in [5.74, 6) is 1.34. The summed E-state index contributed by atoms with van der Waals surface area (Å²) in [5.41, 5.74) is 1.32. The molecular weight excluding hydrogens is 434 g/mol. The Morgan fingerprint density at radius 1 is 0.394 bits per heavy atom. The first kappa shape index (κ1) is 21.0. The molecule has 162 valence electrons. The lowest BCUT2D eigenvalue weighted by Crippen LogP contribution is -2.37. The van der Waals surface area contributed by atoms with Gasteiger partial charge >= 0.3 is 0 Å². The molecule has 0 amide bonds. The molecule has 4 atom stereocenters. The van der Waals surface area contributed by atoms with Crippen LogP contribution in [0.15, 0.2) is 133 Å². The Morgan fingerprint density at radius 3 is 0.939 bits per heavy atom. The van der Waals surface area contributed by atoms with E-state index < -0.39 is 15.8 Å². The van der Waals surface area contributed by atoms with E-state index >= 15 is 0 Å². The van der Waals surface area contributed by atoms with Gasteiger partial charge in [0.25, 0.3) is 0 Å². The van der Waals surface area contributed by atoms with Gasteiger partial charge in [0.1, 0.15) is 0 Å². The van der Waals surface area contributed by atoms with Gasteiger partial charge in [0.05, 0.1) is 0 Å². The molecule has 4 aromatic rings. The minimum absolute atomic E-state index is 0.454. The molecule has 0 heterocycles. The highest BCUT2D eigenvalue weighted by atomic mass is 31.1. The molecule has 0 N–H and O–H groups in total. The summed E-state index contributed by atoms with van der Waals surface area (Å²) in [4.78, 5) is 0. The Hall–Kier alpha value is -2.52. The fourth-order valence-corrected chi connectivity index (χ4v) is 12.8. The number of rotatable bonds is 6. The zero-order valence-electron chi connectivity index (χ0n) is 18.6.